The van der Waals surface area contributed by atoms with Gasteiger partial charge >= 0.3 is 0 Å². The second-order valence-electron chi connectivity index (χ2n) is 11.6. The van der Waals surface area contributed by atoms with Gasteiger partial charge in [0, 0.05) is 6.54 Å². The zero-order valence-corrected chi connectivity index (χ0v) is 28.5. The number of unbranched alkanes of at least 4 members (excludes halogenated alkanes) is 4. The van der Waals surface area contributed by atoms with Crippen LogP contribution in [0.2, 0.25) is 5.15 Å². The van der Waals surface area contributed by atoms with E-state index in [1.165, 1.54) is 24.8 Å². The summed E-state index contributed by atoms with van der Waals surface area (Å²) in [7, 11) is 0. The number of carbonyl (C=O) groups excluding carboxylic acids is 1. The summed E-state index contributed by atoms with van der Waals surface area (Å²) in [6.45, 7) is 7.22. The Bertz CT molecular complexity index is 1170. The average Bonchev–Trinajstić information content (AvgIpc) is 3.04. The average molecular weight is 688 g/mol. The monoisotopic (exact) mass is 686 g/mol. The molecule has 0 saturated heterocycles. The van der Waals surface area contributed by atoms with Crippen molar-refractivity contribution >= 4 is 41.0 Å². The summed E-state index contributed by atoms with van der Waals surface area (Å²) in [6, 6.07) is 8.12. The highest BCUT2D eigenvalue weighted by Crippen LogP contribution is 2.24. The summed E-state index contributed by atoms with van der Waals surface area (Å²) >= 11 is 11.5. The second kappa shape index (κ2) is 21.4. The maximum atomic E-state index is 12.4. The highest BCUT2D eigenvalue weighted by molar-refractivity contribution is 6.31. The van der Waals surface area contributed by atoms with Crippen molar-refractivity contribution in [1.29, 1.82) is 0 Å². The van der Waals surface area contributed by atoms with Crippen LogP contribution >= 0.6 is 23.5 Å². The third kappa shape index (κ3) is 14.1. The van der Waals surface area contributed by atoms with Crippen LogP contribution in [0.25, 0.3) is 0 Å². The molecule has 1 unspecified atom stereocenters. The summed E-state index contributed by atoms with van der Waals surface area (Å²) in [5, 5.41) is 24.9. The molecule has 0 spiro atoms. The molecule has 13 nitrogen and oxygen atoms in total. The van der Waals surface area contributed by atoms with Gasteiger partial charge in [0.05, 0.1) is 18.5 Å². The van der Waals surface area contributed by atoms with Gasteiger partial charge in [0.1, 0.15) is 30.4 Å². The van der Waals surface area contributed by atoms with Crippen LogP contribution in [-0.2, 0) is 10.7 Å². The van der Waals surface area contributed by atoms with E-state index in [0.29, 0.717) is 19.6 Å². The topological polar surface area (TPSA) is 207 Å². The molecule has 260 valence electrons. The number of hydrogen-bond acceptors (Lipinski definition) is 12. The van der Waals surface area contributed by atoms with Crippen molar-refractivity contribution < 1.29 is 24.0 Å². The standard InChI is InChI=1S/C31H52Cl2N8O5/c1-3-4-5-8-17-41(18-9-15-31(2,46-33)24(43)21-42)19-20-45-23-13-11-22(12-14-23)10-6-7-16-37-30(36)40-29(44)25-27(34)39-28(35)26(32)38-25/h11-14,24,30,37,42-43H,3-10,15-21,36H2,1-2H3,(H,40,44)(H4,34,35,39)/t24-,30?,31-/m1/s1. The number of anilines is 2. The van der Waals surface area contributed by atoms with Crippen LogP contribution in [0, 0.1) is 0 Å². The van der Waals surface area contributed by atoms with Crippen molar-refractivity contribution in [3.8, 4) is 5.75 Å². The molecular formula is C31H52Cl2N8O5. The summed E-state index contributed by atoms with van der Waals surface area (Å²) in [4.78, 5) is 22.4. The number of carbonyl (C=O) groups is 1. The molecule has 0 aliphatic rings. The molecule has 1 heterocycles. The number of aliphatic hydroxyl groups excluding tert-OH is 2. The van der Waals surface area contributed by atoms with E-state index in [0.717, 1.165) is 57.5 Å². The Hall–Kier alpha value is -2.49. The molecule has 10 N–H and O–H groups in total. The van der Waals surface area contributed by atoms with E-state index < -0.39 is 30.5 Å². The summed E-state index contributed by atoms with van der Waals surface area (Å²) < 4.78 is 11.0. The molecule has 46 heavy (non-hydrogen) atoms. The number of halogens is 2. The van der Waals surface area contributed by atoms with E-state index in [-0.39, 0.29) is 22.5 Å². The predicted octanol–water partition coefficient (Wildman–Crippen LogP) is 3.20. The lowest BCUT2D eigenvalue weighted by atomic mass is 9.93. The maximum absolute atomic E-state index is 12.4. The number of ether oxygens (including phenoxy) is 1. The van der Waals surface area contributed by atoms with E-state index >= 15 is 0 Å². The van der Waals surface area contributed by atoms with E-state index in [9.17, 15) is 15.0 Å². The Balaban J connectivity index is 1.70. The molecule has 0 bridgehead atoms. The summed E-state index contributed by atoms with van der Waals surface area (Å²) in [6.07, 6.45) is 6.82. The minimum absolute atomic E-state index is 0.0517. The third-order valence-corrected chi connectivity index (χ3v) is 8.42. The zero-order valence-electron chi connectivity index (χ0n) is 27.0. The van der Waals surface area contributed by atoms with Crippen molar-refractivity contribution in [3.05, 3.63) is 40.7 Å². The normalized spacial score (nSPS) is 14.2. The fourth-order valence-electron chi connectivity index (χ4n) is 4.83. The van der Waals surface area contributed by atoms with E-state index in [4.69, 9.17) is 49.7 Å². The molecule has 1 aromatic heterocycles. The summed E-state index contributed by atoms with van der Waals surface area (Å²) in [5.74, 6) is 0.0378. The highest BCUT2D eigenvalue weighted by atomic mass is 35.5. The zero-order chi connectivity index (χ0) is 34.0. The first kappa shape index (κ1) is 39.7. The van der Waals surface area contributed by atoms with Crippen LogP contribution in [0.15, 0.2) is 24.3 Å². The smallest absolute Gasteiger partial charge is 0.276 e. The van der Waals surface area contributed by atoms with Crippen LogP contribution in [0.1, 0.15) is 81.3 Å². The van der Waals surface area contributed by atoms with E-state index in [1.807, 2.05) is 12.1 Å². The Morgan fingerprint density at radius 2 is 1.76 bits per heavy atom. The first-order valence-corrected chi connectivity index (χ1v) is 16.6. The molecule has 0 fully saturated rings. The SMILES string of the molecule is CCCCCCN(CCC[C@@](C)(OCl)[C@H](O)CO)CCOc1ccc(CCCCNC(N)NC(=O)c2nc(Cl)c(N)nc2N)cc1. The fourth-order valence-corrected chi connectivity index (χ4v) is 5.13. The second-order valence-corrected chi connectivity index (χ2v) is 12.1. The molecule has 3 atom stereocenters. The summed E-state index contributed by atoms with van der Waals surface area (Å²) in [5.41, 5.74) is 17.3. The minimum Gasteiger partial charge on any atom is -0.492 e. The Morgan fingerprint density at radius 1 is 1.04 bits per heavy atom. The maximum Gasteiger partial charge on any atom is 0.276 e. The van der Waals surface area contributed by atoms with Gasteiger partial charge in [0.2, 0.25) is 0 Å². The van der Waals surface area contributed by atoms with Crippen LogP contribution in [0.4, 0.5) is 11.6 Å². The first-order chi connectivity index (χ1) is 22.0. The van der Waals surface area contributed by atoms with E-state index in [2.05, 4.69) is 44.6 Å². The van der Waals surface area contributed by atoms with Gasteiger partial charge in [-0.05, 0) is 82.8 Å². The fraction of sp³-hybridized carbons (Fsp3) is 0.645. The Kier molecular flexibility index (Phi) is 18.5. The lowest BCUT2D eigenvalue weighted by Gasteiger charge is -2.31. The lowest BCUT2D eigenvalue weighted by molar-refractivity contribution is -0.0680. The van der Waals surface area contributed by atoms with Gasteiger partial charge in [-0.1, -0.05) is 49.9 Å². The number of nitrogens with one attached hydrogen (secondary N) is 2. The molecule has 0 saturated carbocycles. The molecule has 0 aliphatic heterocycles. The van der Waals surface area contributed by atoms with E-state index in [1.54, 1.807) is 6.92 Å². The van der Waals surface area contributed by atoms with Gasteiger partial charge in [0.15, 0.2) is 22.5 Å². The molecule has 2 aromatic rings. The van der Waals surface area contributed by atoms with Crippen molar-refractivity contribution in [1.82, 2.24) is 25.5 Å². The van der Waals surface area contributed by atoms with Crippen LogP contribution in [0.5, 0.6) is 5.75 Å². The molecule has 15 heteroatoms. The van der Waals surface area contributed by atoms with Crippen molar-refractivity contribution in [2.24, 2.45) is 5.73 Å². The van der Waals surface area contributed by atoms with Gasteiger partial charge in [-0.25, -0.2) is 9.97 Å². The van der Waals surface area contributed by atoms with Crippen molar-refractivity contribution in [2.75, 3.05) is 50.9 Å². The van der Waals surface area contributed by atoms with Gasteiger partial charge < -0.3 is 31.7 Å². The van der Waals surface area contributed by atoms with Gasteiger partial charge in [0.25, 0.3) is 5.91 Å². The number of aromatic nitrogens is 2. The molecule has 1 aromatic carbocycles. The largest absolute Gasteiger partial charge is 0.492 e. The number of amides is 1. The molecule has 0 aliphatic carbocycles. The van der Waals surface area contributed by atoms with Crippen LogP contribution in [-0.4, -0.2) is 88.4 Å². The number of hydrogen-bond donors (Lipinski definition) is 7. The van der Waals surface area contributed by atoms with Gasteiger partial charge in [-0.15, -0.1) is 0 Å². The van der Waals surface area contributed by atoms with Crippen LogP contribution < -0.4 is 32.6 Å². The molecule has 0 radical (unpaired) electrons. The number of nitrogens with two attached hydrogens (primary N) is 3. The first-order valence-electron chi connectivity index (χ1n) is 15.9. The van der Waals surface area contributed by atoms with Crippen molar-refractivity contribution in [2.45, 2.75) is 89.6 Å². The highest BCUT2D eigenvalue weighted by Gasteiger charge is 2.33. The predicted molar refractivity (Wildman–Crippen MR) is 182 cm³/mol. The molecule has 2 rings (SSSR count). The van der Waals surface area contributed by atoms with Crippen LogP contribution in [0.3, 0.4) is 0 Å². The molecular weight excluding hydrogens is 635 g/mol. The molecule has 1 amide bonds. The third-order valence-electron chi connectivity index (χ3n) is 7.79. The number of aryl methyl sites for hydroxylation is 1. The van der Waals surface area contributed by atoms with Gasteiger partial charge in [-0.2, -0.15) is 0 Å². The number of nitrogens with zero attached hydrogens (tertiary/aromatic N) is 3. The minimum atomic E-state index is -1.04. The number of nitrogen functional groups attached to an aromatic ring is 2. The number of benzene rings is 1. The number of rotatable bonds is 24. The lowest BCUT2D eigenvalue weighted by Crippen LogP contribution is -2.52. The number of aliphatic hydroxyl groups is 2. The quantitative estimate of drug-likeness (QED) is 0.0628. The van der Waals surface area contributed by atoms with Crippen molar-refractivity contribution in [3.63, 3.8) is 0 Å². The Labute approximate surface area is 282 Å². The van der Waals surface area contributed by atoms with Gasteiger partial charge in [-0.3, -0.25) is 25.0 Å². The Morgan fingerprint density at radius 3 is 2.43 bits per heavy atom.